The van der Waals surface area contributed by atoms with Crippen molar-refractivity contribution < 1.29 is 4.21 Å². The Bertz CT molecular complexity index is 160. The Balaban J connectivity index is 3.75. The Morgan fingerprint density at radius 2 is 2.11 bits per heavy atom. The summed E-state index contributed by atoms with van der Waals surface area (Å²) in [5.41, 5.74) is 0. The largest absolute Gasteiger partial charge is 0.253 e. The van der Waals surface area contributed by atoms with Crippen molar-refractivity contribution in [2.75, 3.05) is 12.0 Å². The molecule has 0 fully saturated rings. The monoisotopic (exact) mass is 149 g/mol. The summed E-state index contributed by atoms with van der Waals surface area (Å²) >= 11 is 0. The second-order valence-electron chi connectivity index (χ2n) is 2.69. The van der Waals surface area contributed by atoms with Crippen molar-refractivity contribution in [3.05, 3.63) is 0 Å². The quantitative estimate of drug-likeness (QED) is 0.652. The Kier molecular flexibility index (Phi) is 3.18. The van der Waals surface area contributed by atoms with Crippen molar-refractivity contribution in [1.29, 1.82) is 4.78 Å². The summed E-state index contributed by atoms with van der Waals surface area (Å²) in [6.45, 7) is 4.08. The molecule has 0 amide bonds. The normalized spacial score (nSPS) is 20.8. The van der Waals surface area contributed by atoms with Gasteiger partial charge in [0.25, 0.3) is 0 Å². The first-order valence-corrected chi connectivity index (χ1v) is 5.30. The van der Waals surface area contributed by atoms with Crippen molar-refractivity contribution in [3.8, 4) is 0 Å². The van der Waals surface area contributed by atoms with Gasteiger partial charge in [-0.2, -0.15) is 0 Å². The minimum atomic E-state index is -2.24. The molecule has 3 heteroatoms. The molecule has 9 heavy (non-hydrogen) atoms. The number of rotatable bonds is 3. The summed E-state index contributed by atoms with van der Waals surface area (Å²) in [7, 11) is -2.24. The van der Waals surface area contributed by atoms with Crippen LogP contribution in [-0.4, -0.2) is 16.2 Å². The molecule has 0 radical (unpaired) electrons. The molecule has 0 saturated carbocycles. The van der Waals surface area contributed by atoms with Crippen molar-refractivity contribution in [2.24, 2.45) is 5.92 Å². The number of hydrogen-bond donors (Lipinski definition) is 1. The van der Waals surface area contributed by atoms with E-state index in [1.54, 1.807) is 0 Å². The molecule has 0 aliphatic carbocycles. The summed E-state index contributed by atoms with van der Waals surface area (Å²) in [6.07, 6.45) is 2.52. The van der Waals surface area contributed by atoms with E-state index in [2.05, 4.69) is 6.92 Å². The lowest BCUT2D eigenvalue weighted by Gasteiger charge is -2.06. The highest BCUT2D eigenvalue weighted by Gasteiger charge is 2.03. The van der Waals surface area contributed by atoms with Gasteiger partial charge in [-0.25, -0.2) is 0 Å². The molecule has 0 aliphatic heterocycles. The minimum Gasteiger partial charge on any atom is -0.253 e. The smallest absolute Gasteiger partial charge is 0.0414 e. The molecule has 0 aromatic rings. The van der Waals surface area contributed by atoms with Crippen LogP contribution in [0.15, 0.2) is 0 Å². The van der Waals surface area contributed by atoms with Gasteiger partial charge in [-0.05, 0) is 5.92 Å². The zero-order valence-corrected chi connectivity index (χ0v) is 7.12. The highest BCUT2D eigenvalue weighted by Crippen LogP contribution is 2.03. The molecule has 0 unspecified atom stereocenters. The van der Waals surface area contributed by atoms with Crippen LogP contribution in [0.5, 0.6) is 0 Å². The molecule has 56 valence electrons. The fourth-order valence-corrected chi connectivity index (χ4v) is 1.98. The van der Waals surface area contributed by atoms with E-state index in [1.165, 1.54) is 6.26 Å². The van der Waals surface area contributed by atoms with E-state index in [4.69, 9.17) is 4.78 Å². The summed E-state index contributed by atoms with van der Waals surface area (Å²) in [4.78, 5) is 0. The van der Waals surface area contributed by atoms with Gasteiger partial charge in [-0.1, -0.05) is 20.3 Å². The Morgan fingerprint density at radius 3 is 2.22 bits per heavy atom. The molecule has 0 aliphatic rings. The second kappa shape index (κ2) is 3.20. The van der Waals surface area contributed by atoms with Crippen LogP contribution < -0.4 is 0 Å². The minimum absolute atomic E-state index is 0.431. The summed E-state index contributed by atoms with van der Waals surface area (Å²) in [5.74, 6) is 0.976. The SMILES string of the molecule is CC[C@H](C)C[S@@](C)(=N)=O. The predicted octanol–water partition coefficient (Wildman–Crippen LogP) is 1.71. The standard InChI is InChI=1S/C6H15NOS/c1-4-6(2)5-9(3,7)8/h6-7H,4-5H2,1-3H3/t6-,9-/m0/s1. The van der Waals surface area contributed by atoms with Crippen LogP contribution in [0.25, 0.3) is 0 Å². The average molecular weight is 149 g/mol. The molecule has 0 aromatic heterocycles. The Hall–Kier alpha value is -0.0500. The van der Waals surface area contributed by atoms with Crippen molar-refractivity contribution in [3.63, 3.8) is 0 Å². The van der Waals surface area contributed by atoms with E-state index in [-0.39, 0.29) is 0 Å². The third kappa shape index (κ3) is 5.83. The molecular weight excluding hydrogens is 134 g/mol. The molecule has 0 heterocycles. The van der Waals surface area contributed by atoms with E-state index in [0.29, 0.717) is 11.7 Å². The molecular formula is C6H15NOS. The lowest BCUT2D eigenvalue weighted by Crippen LogP contribution is -2.09. The lowest BCUT2D eigenvalue weighted by atomic mass is 10.2. The van der Waals surface area contributed by atoms with Gasteiger partial charge < -0.3 is 0 Å². The van der Waals surface area contributed by atoms with Crippen LogP contribution in [0, 0.1) is 10.7 Å². The van der Waals surface area contributed by atoms with E-state index in [0.717, 1.165) is 6.42 Å². The van der Waals surface area contributed by atoms with Gasteiger partial charge in [-0.15, -0.1) is 0 Å². The Morgan fingerprint density at radius 1 is 1.67 bits per heavy atom. The van der Waals surface area contributed by atoms with Crippen LogP contribution in [0.4, 0.5) is 0 Å². The molecule has 0 spiro atoms. The lowest BCUT2D eigenvalue weighted by molar-refractivity contribution is 0.613. The maximum atomic E-state index is 10.8. The first-order valence-electron chi connectivity index (χ1n) is 3.17. The zero-order chi connectivity index (χ0) is 7.49. The van der Waals surface area contributed by atoms with Gasteiger partial charge >= 0.3 is 0 Å². The summed E-state index contributed by atoms with van der Waals surface area (Å²) in [5, 5.41) is 0. The van der Waals surface area contributed by atoms with E-state index < -0.39 is 9.73 Å². The number of nitrogens with one attached hydrogen (secondary N) is 1. The van der Waals surface area contributed by atoms with Gasteiger partial charge in [0.15, 0.2) is 0 Å². The third-order valence-electron chi connectivity index (χ3n) is 1.30. The molecule has 0 bridgehead atoms. The zero-order valence-electron chi connectivity index (χ0n) is 6.31. The van der Waals surface area contributed by atoms with Crippen LogP contribution in [0.1, 0.15) is 20.3 Å². The highest BCUT2D eigenvalue weighted by atomic mass is 32.2. The van der Waals surface area contributed by atoms with Crippen LogP contribution in [-0.2, 0) is 9.73 Å². The van der Waals surface area contributed by atoms with Crippen molar-refractivity contribution >= 4 is 9.73 Å². The van der Waals surface area contributed by atoms with Gasteiger partial charge in [0.1, 0.15) is 0 Å². The fraction of sp³-hybridized carbons (Fsp3) is 1.00. The maximum absolute atomic E-state index is 10.8. The first kappa shape index (κ1) is 8.95. The average Bonchev–Trinajstić information content (AvgIpc) is 1.62. The van der Waals surface area contributed by atoms with Crippen molar-refractivity contribution in [1.82, 2.24) is 0 Å². The van der Waals surface area contributed by atoms with Gasteiger partial charge in [0, 0.05) is 21.7 Å². The van der Waals surface area contributed by atoms with Gasteiger partial charge in [0.2, 0.25) is 0 Å². The van der Waals surface area contributed by atoms with Crippen LogP contribution >= 0.6 is 0 Å². The third-order valence-corrected chi connectivity index (χ3v) is 2.50. The number of hydrogen-bond acceptors (Lipinski definition) is 2. The maximum Gasteiger partial charge on any atom is 0.0414 e. The highest BCUT2D eigenvalue weighted by molar-refractivity contribution is 7.91. The molecule has 0 saturated heterocycles. The Labute approximate surface area is 57.6 Å². The summed E-state index contributed by atoms with van der Waals surface area (Å²) in [6, 6.07) is 0. The van der Waals surface area contributed by atoms with E-state index >= 15 is 0 Å². The molecule has 2 atom stereocenters. The van der Waals surface area contributed by atoms with Crippen LogP contribution in [0.2, 0.25) is 0 Å². The molecule has 1 N–H and O–H groups in total. The molecule has 0 aromatic carbocycles. The molecule has 2 nitrogen and oxygen atoms in total. The van der Waals surface area contributed by atoms with Crippen LogP contribution in [0.3, 0.4) is 0 Å². The summed E-state index contributed by atoms with van der Waals surface area (Å²) < 4.78 is 17.9. The van der Waals surface area contributed by atoms with E-state index in [9.17, 15) is 4.21 Å². The topological polar surface area (TPSA) is 40.9 Å². The van der Waals surface area contributed by atoms with Gasteiger partial charge in [-0.3, -0.25) is 8.99 Å². The van der Waals surface area contributed by atoms with E-state index in [1.807, 2.05) is 6.92 Å². The first-order chi connectivity index (χ1) is 3.95. The molecule has 0 rings (SSSR count). The predicted molar refractivity (Wildman–Crippen MR) is 41.1 cm³/mol. The second-order valence-corrected chi connectivity index (χ2v) is 5.03. The van der Waals surface area contributed by atoms with Gasteiger partial charge in [0.05, 0.1) is 0 Å². The fourth-order valence-electron chi connectivity index (χ4n) is 0.661. The van der Waals surface area contributed by atoms with Crippen molar-refractivity contribution in [2.45, 2.75) is 20.3 Å².